The Balaban J connectivity index is 2.36. The Labute approximate surface area is 71.8 Å². The van der Waals surface area contributed by atoms with Crippen LogP contribution < -0.4 is 0 Å². The number of hydrogen-bond acceptors (Lipinski definition) is 2. The molecule has 0 aliphatic carbocycles. The summed E-state index contributed by atoms with van der Waals surface area (Å²) in [6, 6.07) is 0. The van der Waals surface area contributed by atoms with E-state index in [1.165, 1.54) is 0 Å². The molecule has 12 heavy (non-hydrogen) atoms. The topological polar surface area (TPSA) is 49.7 Å². The molecule has 2 unspecified atom stereocenters. The Bertz CT molecular complexity index is 221. The number of carbonyl (C=O) groups is 1. The Kier molecular flexibility index (Phi) is 3.02. The first kappa shape index (κ1) is 8.97. The maximum Gasteiger partial charge on any atom is 0.306 e. The Morgan fingerprint density at radius 1 is 1.83 bits per heavy atom. The van der Waals surface area contributed by atoms with E-state index in [0.29, 0.717) is 12.3 Å². The lowest BCUT2D eigenvalue weighted by Crippen LogP contribution is -2.14. The van der Waals surface area contributed by atoms with E-state index in [4.69, 9.17) is 5.11 Å². The molecule has 3 nitrogen and oxygen atoms in total. The number of aliphatic imine (C=N–C) groups is 1. The first-order valence-electron chi connectivity index (χ1n) is 4.11. The summed E-state index contributed by atoms with van der Waals surface area (Å²) in [4.78, 5) is 14.4. The van der Waals surface area contributed by atoms with Crippen molar-refractivity contribution in [2.24, 2.45) is 16.8 Å². The largest absolute Gasteiger partial charge is 0.481 e. The first-order chi connectivity index (χ1) is 5.70. The number of rotatable bonds is 3. The van der Waals surface area contributed by atoms with Crippen molar-refractivity contribution in [1.82, 2.24) is 0 Å². The smallest absolute Gasteiger partial charge is 0.306 e. The molecule has 1 heterocycles. The van der Waals surface area contributed by atoms with Crippen molar-refractivity contribution in [3.8, 4) is 0 Å². The molecule has 1 aliphatic rings. The second kappa shape index (κ2) is 4.04. The molecule has 0 radical (unpaired) electrons. The lowest BCUT2D eigenvalue weighted by atomic mass is 9.93. The second-order valence-electron chi connectivity index (χ2n) is 3.14. The third-order valence-electron chi connectivity index (χ3n) is 2.04. The lowest BCUT2D eigenvalue weighted by molar-refractivity contribution is -0.141. The molecule has 1 rings (SSSR count). The zero-order valence-electron chi connectivity index (χ0n) is 7.10. The van der Waals surface area contributed by atoms with E-state index in [0.717, 1.165) is 6.42 Å². The summed E-state index contributed by atoms with van der Waals surface area (Å²) < 4.78 is 0. The van der Waals surface area contributed by atoms with Crippen molar-refractivity contribution in [3.05, 3.63) is 12.3 Å². The van der Waals surface area contributed by atoms with Crippen LogP contribution in [0.15, 0.2) is 17.3 Å². The molecule has 0 aromatic heterocycles. The number of carboxylic acid groups (broad SMARTS) is 1. The Morgan fingerprint density at radius 2 is 2.58 bits per heavy atom. The van der Waals surface area contributed by atoms with Crippen LogP contribution in [-0.4, -0.2) is 17.3 Å². The summed E-state index contributed by atoms with van der Waals surface area (Å²) >= 11 is 0. The van der Waals surface area contributed by atoms with Crippen molar-refractivity contribution < 1.29 is 9.90 Å². The van der Waals surface area contributed by atoms with Crippen LogP contribution in [-0.2, 0) is 4.79 Å². The van der Waals surface area contributed by atoms with Gasteiger partial charge >= 0.3 is 5.97 Å². The zero-order valence-corrected chi connectivity index (χ0v) is 7.10. The van der Waals surface area contributed by atoms with Gasteiger partial charge in [-0.3, -0.25) is 9.79 Å². The van der Waals surface area contributed by atoms with Gasteiger partial charge in [0.2, 0.25) is 0 Å². The molecule has 1 N–H and O–H groups in total. The SMILES string of the molecule is CC(CC1C=CN=CC1)C(=O)O. The van der Waals surface area contributed by atoms with Gasteiger partial charge in [-0.15, -0.1) is 0 Å². The van der Waals surface area contributed by atoms with Crippen molar-refractivity contribution in [1.29, 1.82) is 0 Å². The molecule has 3 heteroatoms. The van der Waals surface area contributed by atoms with Gasteiger partial charge in [0.25, 0.3) is 0 Å². The molecule has 0 saturated carbocycles. The maximum absolute atomic E-state index is 10.5. The second-order valence-corrected chi connectivity index (χ2v) is 3.14. The molecule has 66 valence electrons. The quantitative estimate of drug-likeness (QED) is 0.695. The van der Waals surface area contributed by atoms with Crippen molar-refractivity contribution in [2.45, 2.75) is 19.8 Å². The van der Waals surface area contributed by atoms with Crippen LogP contribution >= 0.6 is 0 Å². The predicted octanol–water partition coefficient (Wildman–Crippen LogP) is 1.70. The summed E-state index contributed by atoms with van der Waals surface area (Å²) in [6.07, 6.45) is 7.12. The van der Waals surface area contributed by atoms with E-state index in [1.54, 1.807) is 13.1 Å². The average Bonchev–Trinajstić information content (AvgIpc) is 2.06. The molecule has 2 atom stereocenters. The predicted molar refractivity (Wildman–Crippen MR) is 47.2 cm³/mol. The maximum atomic E-state index is 10.5. The minimum Gasteiger partial charge on any atom is -0.481 e. The summed E-state index contributed by atoms with van der Waals surface area (Å²) in [6.45, 7) is 1.74. The van der Waals surface area contributed by atoms with Crippen molar-refractivity contribution >= 4 is 12.2 Å². The summed E-state index contributed by atoms with van der Waals surface area (Å²) in [5.41, 5.74) is 0. The van der Waals surface area contributed by atoms with Gasteiger partial charge in [0.05, 0.1) is 5.92 Å². The molecular formula is C9H13NO2. The van der Waals surface area contributed by atoms with Crippen LogP contribution in [0, 0.1) is 11.8 Å². The van der Waals surface area contributed by atoms with Crippen LogP contribution in [0.25, 0.3) is 0 Å². The monoisotopic (exact) mass is 167 g/mol. The zero-order chi connectivity index (χ0) is 8.97. The molecule has 0 saturated heterocycles. The lowest BCUT2D eigenvalue weighted by Gasteiger charge is -2.14. The number of nitrogens with zero attached hydrogens (tertiary/aromatic N) is 1. The van der Waals surface area contributed by atoms with Gasteiger partial charge in [0.1, 0.15) is 0 Å². The van der Waals surface area contributed by atoms with Crippen LogP contribution in [0.2, 0.25) is 0 Å². The number of hydrogen-bond donors (Lipinski definition) is 1. The summed E-state index contributed by atoms with van der Waals surface area (Å²) in [5, 5.41) is 8.65. The van der Waals surface area contributed by atoms with Crippen LogP contribution in [0.3, 0.4) is 0 Å². The number of aliphatic carboxylic acids is 1. The average molecular weight is 167 g/mol. The number of allylic oxidation sites excluding steroid dienone is 1. The molecule has 0 fully saturated rings. The van der Waals surface area contributed by atoms with Crippen molar-refractivity contribution in [2.75, 3.05) is 0 Å². The third-order valence-corrected chi connectivity index (χ3v) is 2.04. The molecule has 1 aliphatic heterocycles. The Morgan fingerprint density at radius 3 is 3.08 bits per heavy atom. The van der Waals surface area contributed by atoms with Crippen molar-refractivity contribution in [3.63, 3.8) is 0 Å². The molecule has 0 aromatic carbocycles. The van der Waals surface area contributed by atoms with E-state index < -0.39 is 5.97 Å². The minimum atomic E-state index is -0.717. The van der Waals surface area contributed by atoms with Gasteiger partial charge in [-0.05, 0) is 18.8 Å². The molecule has 0 spiro atoms. The fourth-order valence-electron chi connectivity index (χ4n) is 1.24. The summed E-state index contributed by atoms with van der Waals surface area (Å²) in [7, 11) is 0. The van der Waals surface area contributed by atoms with Gasteiger partial charge in [-0.1, -0.05) is 13.0 Å². The van der Waals surface area contributed by atoms with Crippen LogP contribution in [0.5, 0.6) is 0 Å². The fraction of sp³-hybridized carbons (Fsp3) is 0.556. The van der Waals surface area contributed by atoms with E-state index in [-0.39, 0.29) is 5.92 Å². The molecule has 0 bridgehead atoms. The molecule has 0 amide bonds. The first-order valence-corrected chi connectivity index (χ1v) is 4.11. The number of carboxylic acids is 1. The van der Waals surface area contributed by atoms with E-state index in [2.05, 4.69) is 4.99 Å². The van der Waals surface area contributed by atoms with Crippen LogP contribution in [0.1, 0.15) is 19.8 Å². The standard InChI is InChI=1S/C9H13NO2/c1-7(9(11)12)6-8-2-4-10-5-3-8/h2,4-5,7-8H,3,6H2,1H3,(H,11,12). The fourth-order valence-corrected chi connectivity index (χ4v) is 1.24. The normalized spacial score (nSPS) is 23.9. The highest BCUT2D eigenvalue weighted by molar-refractivity contribution is 5.69. The van der Waals surface area contributed by atoms with Gasteiger partial charge in [-0.25, -0.2) is 0 Å². The highest BCUT2D eigenvalue weighted by Gasteiger charge is 2.16. The molecular weight excluding hydrogens is 154 g/mol. The van der Waals surface area contributed by atoms with E-state index >= 15 is 0 Å². The van der Waals surface area contributed by atoms with Gasteiger partial charge < -0.3 is 5.11 Å². The highest BCUT2D eigenvalue weighted by atomic mass is 16.4. The highest BCUT2D eigenvalue weighted by Crippen LogP contribution is 2.18. The third kappa shape index (κ3) is 2.49. The van der Waals surface area contributed by atoms with Gasteiger partial charge in [-0.2, -0.15) is 0 Å². The van der Waals surface area contributed by atoms with Crippen LogP contribution in [0.4, 0.5) is 0 Å². The van der Waals surface area contributed by atoms with E-state index in [1.807, 2.05) is 12.3 Å². The Hall–Kier alpha value is -1.12. The van der Waals surface area contributed by atoms with Gasteiger partial charge in [0.15, 0.2) is 0 Å². The molecule has 0 aromatic rings. The minimum absolute atomic E-state index is 0.258. The summed E-state index contributed by atoms with van der Waals surface area (Å²) in [5.74, 6) is -0.620. The van der Waals surface area contributed by atoms with Gasteiger partial charge in [0, 0.05) is 12.4 Å². The van der Waals surface area contributed by atoms with E-state index in [9.17, 15) is 4.79 Å².